The van der Waals surface area contributed by atoms with Crippen molar-refractivity contribution >= 4 is 5.96 Å². The van der Waals surface area contributed by atoms with Crippen LogP contribution in [0.5, 0.6) is 0 Å². The predicted octanol–water partition coefficient (Wildman–Crippen LogP) is 2.66. The minimum absolute atomic E-state index is 0.253. The van der Waals surface area contributed by atoms with E-state index in [4.69, 9.17) is 4.99 Å². The normalized spacial score (nSPS) is 11.7. The molecule has 29 heavy (non-hydrogen) atoms. The number of rotatable bonds is 7. The summed E-state index contributed by atoms with van der Waals surface area (Å²) in [6.45, 7) is 8.19. The molecule has 0 fully saturated rings. The van der Waals surface area contributed by atoms with Gasteiger partial charge in [0.1, 0.15) is 5.82 Å². The molecular formula is C21H28FN7. The van der Waals surface area contributed by atoms with Crippen molar-refractivity contribution in [3.63, 3.8) is 0 Å². The zero-order chi connectivity index (χ0) is 20.8. The van der Waals surface area contributed by atoms with Crippen molar-refractivity contribution in [2.75, 3.05) is 13.1 Å². The molecule has 2 heterocycles. The first kappa shape index (κ1) is 20.6. The van der Waals surface area contributed by atoms with Gasteiger partial charge in [-0.1, -0.05) is 0 Å². The van der Waals surface area contributed by atoms with Crippen LogP contribution in [0.2, 0.25) is 0 Å². The molecule has 154 valence electrons. The van der Waals surface area contributed by atoms with Crippen molar-refractivity contribution in [2.45, 2.75) is 33.7 Å². The van der Waals surface area contributed by atoms with Gasteiger partial charge < -0.3 is 10.6 Å². The lowest BCUT2D eigenvalue weighted by Gasteiger charge is -2.11. The molecule has 0 unspecified atom stereocenters. The smallest absolute Gasteiger partial charge is 0.191 e. The number of benzene rings is 1. The van der Waals surface area contributed by atoms with E-state index in [1.54, 1.807) is 16.8 Å². The molecule has 0 aliphatic rings. The van der Waals surface area contributed by atoms with Gasteiger partial charge in [0.2, 0.25) is 0 Å². The predicted molar refractivity (Wildman–Crippen MR) is 113 cm³/mol. The van der Waals surface area contributed by atoms with Gasteiger partial charge in [-0.05, 0) is 51.1 Å². The van der Waals surface area contributed by atoms with Crippen LogP contribution in [0, 0.1) is 19.7 Å². The van der Waals surface area contributed by atoms with Crippen molar-refractivity contribution in [3.05, 3.63) is 65.0 Å². The number of guanidine groups is 1. The summed E-state index contributed by atoms with van der Waals surface area (Å²) in [4.78, 5) is 4.69. The summed E-state index contributed by atoms with van der Waals surface area (Å²) in [7, 11) is 1.95. The van der Waals surface area contributed by atoms with E-state index in [0.717, 1.165) is 47.3 Å². The summed E-state index contributed by atoms with van der Waals surface area (Å²) < 4.78 is 16.7. The average Bonchev–Trinajstić information content (AvgIpc) is 3.26. The van der Waals surface area contributed by atoms with E-state index in [1.807, 2.05) is 37.8 Å². The maximum atomic E-state index is 13.1. The van der Waals surface area contributed by atoms with Crippen molar-refractivity contribution in [3.8, 4) is 5.69 Å². The largest absolute Gasteiger partial charge is 0.357 e. The van der Waals surface area contributed by atoms with E-state index < -0.39 is 0 Å². The number of hydrogen-bond donors (Lipinski definition) is 2. The first-order chi connectivity index (χ1) is 14.0. The molecule has 2 N–H and O–H groups in total. The molecule has 2 aromatic heterocycles. The van der Waals surface area contributed by atoms with Crippen molar-refractivity contribution in [1.82, 2.24) is 30.2 Å². The van der Waals surface area contributed by atoms with Crippen molar-refractivity contribution in [1.29, 1.82) is 0 Å². The zero-order valence-corrected chi connectivity index (χ0v) is 17.4. The highest BCUT2D eigenvalue weighted by molar-refractivity contribution is 5.79. The average molecular weight is 398 g/mol. The summed E-state index contributed by atoms with van der Waals surface area (Å²) >= 11 is 0. The van der Waals surface area contributed by atoms with E-state index in [2.05, 4.69) is 27.8 Å². The second-order valence-corrected chi connectivity index (χ2v) is 6.87. The van der Waals surface area contributed by atoms with Crippen LogP contribution in [0.3, 0.4) is 0 Å². The molecule has 0 radical (unpaired) electrons. The van der Waals surface area contributed by atoms with Gasteiger partial charge in [0.15, 0.2) is 5.96 Å². The Balaban J connectivity index is 1.57. The van der Waals surface area contributed by atoms with Crippen LogP contribution < -0.4 is 10.6 Å². The lowest BCUT2D eigenvalue weighted by molar-refractivity contribution is 0.627. The third kappa shape index (κ3) is 5.22. The first-order valence-electron chi connectivity index (χ1n) is 9.79. The summed E-state index contributed by atoms with van der Waals surface area (Å²) in [5.41, 5.74) is 5.09. The monoisotopic (exact) mass is 397 g/mol. The molecule has 0 atom stereocenters. The Kier molecular flexibility index (Phi) is 6.64. The van der Waals surface area contributed by atoms with Crippen LogP contribution in [0.15, 0.2) is 41.5 Å². The van der Waals surface area contributed by atoms with Gasteiger partial charge in [-0.2, -0.15) is 10.2 Å². The van der Waals surface area contributed by atoms with Gasteiger partial charge in [-0.3, -0.25) is 4.68 Å². The maximum absolute atomic E-state index is 13.1. The first-order valence-corrected chi connectivity index (χ1v) is 9.79. The molecule has 3 rings (SSSR count). The number of nitrogens with one attached hydrogen (secondary N) is 2. The fourth-order valence-corrected chi connectivity index (χ4v) is 3.09. The number of hydrogen-bond acceptors (Lipinski definition) is 3. The highest BCUT2D eigenvalue weighted by Gasteiger charge is 2.09. The standard InChI is InChI=1S/C21H28FN7/c1-5-23-21(25-14-20-15(2)26-28(4)16(20)3)24-12-10-18-11-13-29(27-18)19-8-6-17(22)7-9-19/h6-9,11,13H,5,10,12,14H2,1-4H3,(H2,23,24,25). The number of aromatic nitrogens is 4. The van der Waals surface area contributed by atoms with Gasteiger partial charge in [0.05, 0.1) is 23.6 Å². The number of halogens is 1. The molecule has 0 aliphatic heterocycles. The van der Waals surface area contributed by atoms with Crippen molar-refractivity contribution in [2.24, 2.45) is 12.0 Å². The summed E-state index contributed by atoms with van der Waals surface area (Å²) in [5.74, 6) is 0.519. The number of nitrogens with zero attached hydrogens (tertiary/aromatic N) is 5. The van der Waals surface area contributed by atoms with Crippen LogP contribution >= 0.6 is 0 Å². The third-order valence-electron chi connectivity index (χ3n) is 4.81. The third-order valence-corrected chi connectivity index (χ3v) is 4.81. The second-order valence-electron chi connectivity index (χ2n) is 6.87. The molecule has 0 saturated heterocycles. The summed E-state index contributed by atoms with van der Waals surface area (Å²) in [6.07, 6.45) is 2.64. The van der Waals surface area contributed by atoms with E-state index >= 15 is 0 Å². The number of aryl methyl sites for hydroxylation is 2. The molecule has 7 nitrogen and oxygen atoms in total. The molecule has 8 heteroatoms. The maximum Gasteiger partial charge on any atom is 0.191 e. The van der Waals surface area contributed by atoms with Crippen LogP contribution in [-0.4, -0.2) is 38.6 Å². The van der Waals surface area contributed by atoms with Crippen molar-refractivity contribution < 1.29 is 4.39 Å². The Morgan fingerprint density at radius 1 is 1.10 bits per heavy atom. The molecule has 0 amide bonds. The SMILES string of the molecule is CCNC(=NCc1c(C)nn(C)c1C)NCCc1ccn(-c2ccc(F)cc2)n1. The van der Waals surface area contributed by atoms with Crippen LogP contribution in [0.25, 0.3) is 5.69 Å². The molecule has 3 aromatic rings. The fraction of sp³-hybridized carbons (Fsp3) is 0.381. The highest BCUT2D eigenvalue weighted by atomic mass is 19.1. The Bertz CT molecular complexity index is 970. The van der Waals surface area contributed by atoms with E-state index in [9.17, 15) is 4.39 Å². The van der Waals surface area contributed by atoms with E-state index in [0.29, 0.717) is 13.1 Å². The quantitative estimate of drug-likeness (QED) is 0.475. The molecular weight excluding hydrogens is 369 g/mol. The van der Waals surface area contributed by atoms with Gasteiger partial charge in [-0.25, -0.2) is 14.1 Å². The number of aliphatic imine (C=N–C) groups is 1. The molecule has 0 aliphatic carbocycles. The fourth-order valence-electron chi connectivity index (χ4n) is 3.09. The second kappa shape index (κ2) is 9.36. The van der Waals surface area contributed by atoms with E-state index in [-0.39, 0.29) is 5.82 Å². The van der Waals surface area contributed by atoms with Crippen LogP contribution in [-0.2, 0) is 20.0 Å². The van der Waals surface area contributed by atoms with Gasteiger partial charge >= 0.3 is 0 Å². The van der Waals surface area contributed by atoms with Gasteiger partial charge in [0, 0.05) is 44.0 Å². The molecule has 1 aromatic carbocycles. The lowest BCUT2D eigenvalue weighted by atomic mass is 10.2. The summed E-state index contributed by atoms with van der Waals surface area (Å²) in [5, 5.41) is 15.6. The van der Waals surface area contributed by atoms with Crippen LogP contribution in [0.1, 0.15) is 29.6 Å². The molecule has 0 spiro atoms. The Hall–Kier alpha value is -3.16. The Morgan fingerprint density at radius 2 is 1.86 bits per heavy atom. The summed E-state index contributed by atoms with van der Waals surface area (Å²) in [6, 6.07) is 8.26. The Labute approximate surface area is 170 Å². The van der Waals surface area contributed by atoms with E-state index in [1.165, 1.54) is 12.1 Å². The molecule has 0 saturated carbocycles. The highest BCUT2D eigenvalue weighted by Crippen LogP contribution is 2.13. The van der Waals surface area contributed by atoms with Crippen LogP contribution in [0.4, 0.5) is 4.39 Å². The minimum atomic E-state index is -0.253. The lowest BCUT2D eigenvalue weighted by Crippen LogP contribution is -2.38. The van der Waals surface area contributed by atoms with Gasteiger partial charge in [0.25, 0.3) is 0 Å². The zero-order valence-electron chi connectivity index (χ0n) is 17.4. The Morgan fingerprint density at radius 3 is 2.52 bits per heavy atom. The minimum Gasteiger partial charge on any atom is -0.357 e. The molecule has 0 bridgehead atoms. The van der Waals surface area contributed by atoms with Gasteiger partial charge in [-0.15, -0.1) is 0 Å². The topological polar surface area (TPSA) is 72.1 Å².